The maximum absolute atomic E-state index is 13.4. The molecule has 1 amide bonds. The van der Waals surface area contributed by atoms with Gasteiger partial charge in [0.1, 0.15) is 5.69 Å². The van der Waals surface area contributed by atoms with Gasteiger partial charge in [0.15, 0.2) is 5.78 Å². The van der Waals surface area contributed by atoms with E-state index in [1.807, 2.05) is 11.8 Å². The standard InChI is InChI=1S/C25H30N4O5S/c1-27(2)21-8-7-18(15-22(21)29(32)33)23(30)19-5-3-4-6-20(19)24(31)26-16-25(9-14-35-17-25)28-10-12-34-13-11-28/h3-8,15H,9-14,16-17H2,1-2H3,(H,26,31). The van der Waals surface area contributed by atoms with Crippen LogP contribution in [0.5, 0.6) is 0 Å². The van der Waals surface area contributed by atoms with E-state index in [0.29, 0.717) is 25.4 Å². The summed E-state index contributed by atoms with van der Waals surface area (Å²) in [7, 11) is 3.41. The molecule has 2 saturated heterocycles. The second-order valence-electron chi connectivity index (χ2n) is 9.04. The number of ketones is 1. The number of rotatable bonds is 8. The van der Waals surface area contributed by atoms with E-state index in [1.54, 1.807) is 55.4 Å². The van der Waals surface area contributed by atoms with Gasteiger partial charge in [-0.25, -0.2) is 0 Å². The summed E-state index contributed by atoms with van der Waals surface area (Å²) in [4.78, 5) is 41.7. The third-order valence-corrected chi connectivity index (χ3v) is 7.91. The monoisotopic (exact) mass is 498 g/mol. The Balaban J connectivity index is 1.56. The maximum atomic E-state index is 13.4. The highest BCUT2D eigenvalue weighted by atomic mass is 32.2. The number of amides is 1. The lowest BCUT2D eigenvalue weighted by Crippen LogP contribution is -2.59. The number of ether oxygens (including phenoxy) is 1. The average molecular weight is 499 g/mol. The van der Waals surface area contributed by atoms with Crippen LogP contribution in [0.1, 0.15) is 32.7 Å². The van der Waals surface area contributed by atoms with E-state index in [1.165, 1.54) is 6.07 Å². The Morgan fingerprint density at radius 2 is 1.89 bits per heavy atom. The van der Waals surface area contributed by atoms with Crippen LogP contribution >= 0.6 is 11.8 Å². The number of carbonyl (C=O) groups excluding carboxylic acids is 2. The second kappa shape index (κ2) is 10.8. The van der Waals surface area contributed by atoms with Crippen molar-refractivity contribution in [3.05, 3.63) is 69.3 Å². The Kier molecular flexibility index (Phi) is 7.73. The Bertz CT molecular complexity index is 1110. The van der Waals surface area contributed by atoms with Crippen molar-refractivity contribution < 1.29 is 19.2 Å². The highest BCUT2D eigenvalue weighted by Gasteiger charge is 2.41. The Hall–Kier alpha value is -2.95. The van der Waals surface area contributed by atoms with E-state index in [2.05, 4.69) is 10.2 Å². The van der Waals surface area contributed by atoms with Crippen molar-refractivity contribution in [2.45, 2.75) is 12.0 Å². The van der Waals surface area contributed by atoms with Crippen molar-refractivity contribution in [2.75, 3.05) is 63.3 Å². The zero-order valence-electron chi connectivity index (χ0n) is 20.0. The minimum atomic E-state index is -0.505. The molecule has 9 nitrogen and oxygen atoms in total. The largest absolute Gasteiger partial charge is 0.379 e. The highest BCUT2D eigenvalue weighted by molar-refractivity contribution is 7.99. The fourth-order valence-corrected chi connectivity index (χ4v) is 6.18. The fourth-order valence-electron chi connectivity index (χ4n) is 4.70. The number of carbonyl (C=O) groups is 2. The number of nitrogens with zero attached hydrogens (tertiary/aromatic N) is 3. The summed E-state index contributed by atoms with van der Waals surface area (Å²) in [5.41, 5.74) is 0.776. The number of hydrogen-bond donors (Lipinski definition) is 1. The summed E-state index contributed by atoms with van der Waals surface area (Å²) >= 11 is 1.89. The minimum absolute atomic E-state index is 0.119. The molecule has 2 aromatic rings. The van der Waals surface area contributed by atoms with E-state index in [-0.39, 0.29) is 33.8 Å². The molecule has 35 heavy (non-hydrogen) atoms. The van der Waals surface area contributed by atoms with Gasteiger partial charge >= 0.3 is 0 Å². The molecule has 0 aliphatic carbocycles. The topological polar surface area (TPSA) is 105 Å². The molecule has 1 unspecified atom stereocenters. The predicted molar refractivity (Wildman–Crippen MR) is 137 cm³/mol. The summed E-state index contributed by atoms with van der Waals surface area (Å²) in [5, 5.41) is 14.7. The molecular formula is C25H30N4O5S. The minimum Gasteiger partial charge on any atom is -0.379 e. The van der Waals surface area contributed by atoms with E-state index >= 15 is 0 Å². The molecule has 2 fully saturated rings. The number of benzene rings is 2. The van der Waals surface area contributed by atoms with Crippen molar-refractivity contribution in [2.24, 2.45) is 0 Å². The van der Waals surface area contributed by atoms with Crippen LogP contribution in [0.3, 0.4) is 0 Å². The fraction of sp³-hybridized carbons (Fsp3) is 0.440. The van der Waals surface area contributed by atoms with Crippen LogP contribution in [-0.4, -0.2) is 85.5 Å². The molecule has 1 N–H and O–H groups in total. The molecular weight excluding hydrogens is 468 g/mol. The van der Waals surface area contributed by atoms with Crippen LogP contribution < -0.4 is 10.2 Å². The summed E-state index contributed by atoms with van der Waals surface area (Å²) in [6, 6.07) is 11.0. The quantitative estimate of drug-likeness (QED) is 0.337. The van der Waals surface area contributed by atoms with E-state index in [9.17, 15) is 19.7 Å². The molecule has 0 spiro atoms. The van der Waals surface area contributed by atoms with Crippen LogP contribution in [0.2, 0.25) is 0 Å². The number of anilines is 1. The molecule has 186 valence electrons. The smallest absolute Gasteiger partial charge is 0.293 e. The van der Waals surface area contributed by atoms with Crippen molar-refractivity contribution in [1.29, 1.82) is 0 Å². The Labute approximate surface area is 209 Å². The first-order chi connectivity index (χ1) is 16.8. The van der Waals surface area contributed by atoms with Gasteiger partial charge in [0, 0.05) is 62.2 Å². The number of nitro groups is 1. The van der Waals surface area contributed by atoms with E-state index in [4.69, 9.17) is 4.74 Å². The van der Waals surface area contributed by atoms with Crippen LogP contribution in [-0.2, 0) is 4.74 Å². The normalized spacial score (nSPS) is 20.4. The lowest BCUT2D eigenvalue weighted by Gasteiger charge is -2.43. The molecule has 10 heteroatoms. The number of nitro benzene ring substituents is 1. The van der Waals surface area contributed by atoms with Crippen LogP contribution in [0.25, 0.3) is 0 Å². The highest BCUT2D eigenvalue weighted by Crippen LogP contribution is 2.34. The number of thioether (sulfide) groups is 1. The van der Waals surface area contributed by atoms with Crippen molar-refractivity contribution in [3.63, 3.8) is 0 Å². The van der Waals surface area contributed by atoms with Crippen LogP contribution in [0.15, 0.2) is 42.5 Å². The molecule has 0 saturated carbocycles. The molecule has 2 aliphatic rings. The molecule has 0 bridgehead atoms. The zero-order valence-corrected chi connectivity index (χ0v) is 20.8. The van der Waals surface area contributed by atoms with Gasteiger partial charge in [-0.1, -0.05) is 18.2 Å². The molecule has 2 aromatic carbocycles. The zero-order chi connectivity index (χ0) is 25.0. The van der Waals surface area contributed by atoms with E-state index in [0.717, 1.165) is 31.0 Å². The first-order valence-corrected chi connectivity index (χ1v) is 12.8. The maximum Gasteiger partial charge on any atom is 0.293 e. The van der Waals surface area contributed by atoms with Gasteiger partial charge in [0.25, 0.3) is 11.6 Å². The molecule has 1 atom stereocenters. The van der Waals surface area contributed by atoms with Gasteiger partial charge in [-0.2, -0.15) is 11.8 Å². The summed E-state index contributed by atoms with van der Waals surface area (Å²) in [5.74, 6) is 1.24. The first-order valence-electron chi connectivity index (χ1n) is 11.6. The van der Waals surface area contributed by atoms with Crippen LogP contribution in [0, 0.1) is 10.1 Å². The Morgan fingerprint density at radius 3 is 2.51 bits per heavy atom. The summed E-state index contributed by atoms with van der Waals surface area (Å²) in [6.45, 7) is 3.55. The second-order valence-corrected chi connectivity index (χ2v) is 10.1. The van der Waals surface area contributed by atoms with Gasteiger partial charge < -0.3 is 15.0 Å². The number of nitrogens with one attached hydrogen (secondary N) is 1. The summed E-state index contributed by atoms with van der Waals surface area (Å²) in [6.07, 6.45) is 0.987. The van der Waals surface area contributed by atoms with Gasteiger partial charge in [-0.3, -0.25) is 24.6 Å². The van der Waals surface area contributed by atoms with Crippen molar-refractivity contribution in [3.8, 4) is 0 Å². The first kappa shape index (κ1) is 25.2. The SMILES string of the molecule is CN(C)c1ccc(C(=O)c2ccccc2C(=O)NCC2(N3CCOCC3)CCSC2)cc1[N+](=O)[O-]. The molecule has 0 aromatic heterocycles. The number of hydrogen-bond acceptors (Lipinski definition) is 8. The third-order valence-electron chi connectivity index (χ3n) is 6.67. The third kappa shape index (κ3) is 5.34. The lowest BCUT2D eigenvalue weighted by atomic mass is 9.94. The van der Waals surface area contributed by atoms with Crippen LogP contribution in [0.4, 0.5) is 11.4 Å². The van der Waals surface area contributed by atoms with E-state index < -0.39 is 10.7 Å². The van der Waals surface area contributed by atoms with Crippen molar-refractivity contribution in [1.82, 2.24) is 10.2 Å². The van der Waals surface area contributed by atoms with Gasteiger partial charge in [0.05, 0.1) is 23.7 Å². The molecule has 2 aliphatic heterocycles. The summed E-state index contributed by atoms with van der Waals surface area (Å²) < 4.78 is 5.51. The molecule has 0 radical (unpaired) electrons. The molecule has 4 rings (SSSR count). The van der Waals surface area contributed by atoms with Gasteiger partial charge in [-0.15, -0.1) is 0 Å². The Morgan fingerprint density at radius 1 is 1.17 bits per heavy atom. The lowest BCUT2D eigenvalue weighted by molar-refractivity contribution is -0.384. The average Bonchev–Trinajstić information content (AvgIpc) is 3.37. The van der Waals surface area contributed by atoms with Crippen molar-refractivity contribution >= 4 is 34.8 Å². The van der Waals surface area contributed by atoms with Gasteiger partial charge in [-0.05, 0) is 30.4 Å². The predicted octanol–water partition coefficient (Wildman–Crippen LogP) is 2.83. The number of morpholine rings is 1. The molecule has 2 heterocycles. The van der Waals surface area contributed by atoms with Gasteiger partial charge in [0.2, 0.25) is 0 Å².